The number of benzene rings is 1. The summed E-state index contributed by atoms with van der Waals surface area (Å²) in [5.74, 6) is 0.153. The van der Waals surface area contributed by atoms with Gasteiger partial charge in [-0.1, -0.05) is 25.0 Å². The first kappa shape index (κ1) is 16.7. The molecule has 1 saturated carbocycles. The number of nitrogens with zero attached hydrogens (tertiary/aromatic N) is 2. The van der Waals surface area contributed by atoms with Crippen molar-refractivity contribution in [2.75, 3.05) is 13.6 Å². The Morgan fingerprint density at radius 1 is 1.25 bits per heavy atom. The van der Waals surface area contributed by atoms with Gasteiger partial charge in [-0.3, -0.25) is 9.59 Å². The summed E-state index contributed by atoms with van der Waals surface area (Å²) in [6, 6.07) is 8.83. The highest BCUT2D eigenvalue weighted by molar-refractivity contribution is 5.82. The molecule has 5 nitrogen and oxygen atoms in total. The van der Waals surface area contributed by atoms with Crippen molar-refractivity contribution in [2.24, 2.45) is 5.92 Å². The Hall–Kier alpha value is -2.14. The van der Waals surface area contributed by atoms with Crippen molar-refractivity contribution >= 4 is 16.8 Å². The number of likely N-dealkylation sites (N-methyl/N-ethyl adjacent to an activating group) is 1. The van der Waals surface area contributed by atoms with Crippen molar-refractivity contribution < 1.29 is 9.90 Å². The van der Waals surface area contributed by atoms with Crippen LogP contribution in [-0.4, -0.2) is 40.2 Å². The molecule has 1 N–H and O–H groups in total. The molecule has 0 radical (unpaired) electrons. The zero-order valence-corrected chi connectivity index (χ0v) is 14.0. The average molecular weight is 328 g/mol. The number of aromatic nitrogens is 1. The summed E-state index contributed by atoms with van der Waals surface area (Å²) in [7, 11) is 1.79. The largest absolute Gasteiger partial charge is 0.393 e. The van der Waals surface area contributed by atoms with E-state index in [0.29, 0.717) is 11.9 Å². The second kappa shape index (κ2) is 7.18. The number of hydrogen-bond acceptors (Lipinski definition) is 3. The predicted octanol–water partition coefficient (Wildman–Crippen LogP) is 2.01. The third-order valence-electron chi connectivity index (χ3n) is 4.99. The van der Waals surface area contributed by atoms with E-state index in [1.807, 2.05) is 22.8 Å². The minimum Gasteiger partial charge on any atom is -0.393 e. The van der Waals surface area contributed by atoms with Gasteiger partial charge in [0.1, 0.15) is 6.54 Å². The topological polar surface area (TPSA) is 62.5 Å². The van der Waals surface area contributed by atoms with Crippen molar-refractivity contribution in [2.45, 2.75) is 38.3 Å². The molecular formula is C19H24N2O3. The van der Waals surface area contributed by atoms with Gasteiger partial charge in [-0.2, -0.15) is 0 Å². The summed E-state index contributed by atoms with van der Waals surface area (Å²) in [4.78, 5) is 26.2. The summed E-state index contributed by atoms with van der Waals surface area (Å²) < 4.78 is 1.81. The van der Waals surface area contributed by atoms with Crippen LogP contribution in [0.2, 0.25) is 0 Å². The molecule has 0 aliphatic heterocycles. The van der Waals surface area contributed by atoms with Crippen molar-refractivity contribution in [3.8, 4) is 0 Å². The fourth-order valence-corrected chi connectivity index (χ4v) is 3.52. The Balaban J connectivity index is 1.73. The van der Waals surface area contributed by atoms with Gasteiger partial charge < -0.3 is 14.6 Å². The Morgan fingerprint density at radius 3 is 2.79 bits per heavy atom. The summed E-state index contributed by atoms with van der Waals surface area (Å²) in [6.45, 7) is 0.776. The first-order chi connectivity index (χ1) is 11.6. The van der Waals surface area contributed by atoms with E-state index in [2.05, 4.69) is 0 Å². The minimum atomic E-state index is -0.303. The molecule has 2 aromatic rings. The molecule has 128 valence electrons. The van der Waals surface area contributed by atoms with E-state index >= 15 is 0 Å². The lowest BCUT2D eigenvalue weighted by Gasteiger charge is -2.31. The smallest absolute Gasteiger partial charge is 0.242 e. The Labute approximate surface area is 141 Å². The lowest BCUT2D eigenvalue weighted by atomic mass is 9.86. The van der Waals surface area contributed by atoms with E-state index in [1.54, 1.807) is 24.2 Å². The molecule has 2 unspecified atom stereocenters. The maximum atomic E-state index is 12.6. The van der Waals surface area contributed by atoms with Crippen molar-refractivity contribution in [3.63, 3.8) is 0 Å². The molecule has 1 heterocycles. The maximum absolute atomic E-state index is 12.6. The minimum absolute atomic E-state index is 0.0124. The molecule has 2 atom stereocenters. The van der Waals surface area contributed by atoms with E-state index in [-0.39, 0.29) is 29.9 Å². The van der Waals surface area contributed by atoms with E-state index in [9.17, 15) is 14.7 Å². The van der Waals surface area contributed by atoms with Gasteiger partial charge in [-0.25, -0.2) is 0 Å². The van der Waals surface area contributed by atoms with Gasteiger partial charge in [0, 0.05) is 37.2 Å². The van der Waals surface area contributed by atoms with Crippen LogP contribution in [0, 0.1) is 5.92 Å². The second-order valence-electron chi connectivity index (χ2n) is 6.71. The average Bonchev–Trinajstić information content (AvgIpc) is 2.59. The number of hydrogen-bond donors (Lipinski definition) is 1. The lowest BCUT2D eigenvalue weighted by molar-refractivity contribution is -0.131. The summed E-state index contributed by atoms with van der Waals surface area (Å²) in [5, 5.41) is 10.7. The van der Waals surface area contributed by atoms with Gasteiger partial charge in [0.15, 0.2) is 5.43 Å². The van der Waals surface area contributed by atoms with E-state index in [4.69, 9.17) is 0 Å². The van der Waals surface area contributed by atoms with E-state index in [1.165, 1.54) is 6.07 Å². The van der Waals surface area contributed by atoms with E-state index in [0.717, 1.165) is 31.2 Å². The lowest BCUT2D eigenvalue weighted by Crippen LogP contribution is -2.39. The Bertz CT molecular complexity index is 784. The van der Waals surface area contributed by atoms with Crippen LogP contribution in [0.4, 0.5) is 0 Å². The monoisotopic (exact) mass is 328 g/mol. The number of aliphatic hydroxyl groups excluding tert-OH is 1. The van der Waals surface area contributed by atoms with Crippen molar-refractivity contribution in [1.29, 1.82) is 0 Å². The predicted molar refractivity (Wildman–Crippen MR) is 93.8 cm³/mol. The first-order valence-corrected chi connectivity index (χ1v) is 8.56. The van der Waals surface area contributed by atoms with Crippen LogP contribution in [0.15, 0.2) is 41.3 Å². The number of amides is 1. The van der Waals surface area contributed by atoms with Gasteiger partial charge in [0.05, 0.1) is 11.6 Å². The van der Waals surface area contributed by atoms with Crippen LogP contribution < -0.4 is 5.43 Å². The number of para-hydroxylation sites is 1. The van der Waals surface area contributed by atoms with Gasteiger partial charge in [-0.15, -0.1) is 0 Å². The van der Waals surface area contributed by atoms with Crippen LogP contribution in [0.5, 0.6) is 0 Å². The van der Waals surface area contributed by atoms with Gasteiger partial charge >= 0.3 is 0 Å². The molecule has 3 rings (SSSR count). The molecule has 0 spiro atoms. The number of aliphatic hydroxyl groups is 1. The quantitative estimate of drug-likeness (QED) is 0.934. The molecule has 24 heavy (non-hydrogen) atoms. The summed E-state index contributed by atoms with van der Waals surface area (Å²) >= 11 is 0. The molecule has 0 saturated heterocycles. The molecule has 1 aliphatic carbocycles. The van der Waals surface area contributed by atoms with Crippen LogP contribution in [-0.2, 0) is 11.3 Å². The Morgan fingerprint density at radius 2 is 2.00 bits per heavy atom. The first-order valence-electron chi connectivity index (χ1n) is 8.56. The molecular weight excluding hydrogens is 304 g/mol. The molecule has 1 aliphatic rings. The zero-order chi connectivity index (χ0) is 17.1. The Kier molecular flexibility index (Phi) is 5.00. The van der Waals surface area contributed by atoms with Crippen LogP contribution >= 0.6 is 0 Å². The fraction of sp³-hybridized carbons (Fsp3) is 0.474. The van der Waals surface area contributed by atoms with Crippen LogP contribution in [0.1, 0.15) is 25.7 Å². The van der Waals surface area contributed by atoms with Crippen molar-refractivity contribution in [1.82, 2.24) is 9.47 Å². The van der Waals surface area contributed by atoms with Gasteiger partial charge in [0.2, 0.25) is 5.91 Å². The van der Waals surface area contributed by atoms with Crippen LogP contribution in [0.3, 0.4) is 0 Å². The van der Waals surface area contributed by atoms with Gasteiger partial charge in [-0.05, 0) is 25.0 Å². The van der Waals surface area contributed by atoms with Crippen molar-refractivity contribution in [3.05, 3.63) is 46.8 Å². The number of fused-ring (bicyclic) bond motifs is 1. The molecule has 5 heteroatoms. The SMILES string of the molecule is CN(CC1CCCCC1O)C(=O)Cn1ccc(=O)c2ccccc21. The summed E-state index contributed by atoms with van der Waals surface area (Å²) in [5.41, 5.74) is 0.734. The standard InChI is InChI=1S/C19H24N2O3/c1-20(12-14-6-2-5-9-17(14)22)19(24)13-21-11-10-18(23)15-7-3-4-8-16(15)21/h3-4,7-8,10-11,14,17,22H,2,5-6,9,12-13H2,1H3. The molecule has 0 bridgehead atoms. The maximum Gasteiger partial charge on any atom is 0.242 e. The highest BCUT2D eigenvalue weighted by Crippen LogP contribution is 2.25. The normalized spacial score (nSPS) is 20.9. The molecule has 1 aromatic heterocycles. The number of rotatable bonds is 4. The zero-order valence-electron chi connectivity index (χ0n) is 14.0. The summed E-state index contributed by atoms with van der Waals surface area (Å²) in [6.07, 6.45) is 5.36. The number of carbonyl (C=O) groups is 1. The van der Waals surface area contributed by atoms with Gasteiger partial charge in [0.25, 0.3) is 0 Å². The third-order valence-corrected chi connectivity index (χ3v) is 4.99. The highest BCUT2D eigenvalue weighted by Gasteiger charge is 2.25. The highest BCUT2D eigenvalue weighted by atomic mass is 16.3. The molecule has 1 aromatic carbocycles. The number of carbonyl (C=O) groups excluding carboxylic acids is 1. The second-order valence-corrected chi connectivity index (χ2v) is 6.71. The van der Waals surface area contributed by atoms with E-state index < -0.39 is 0 Å². The third kappa shape index (κ3) is 3.51. The number of pyridine rings is 1. The molecule has 1 fully saturated rings. The molecule has 1 amide bonds. The van der Waals surface area contributed by atoms with Crippen LogP contribution in [0.25, 0.3) is 10.9 Å². The fourth-order valence-electron chi connectivity index (χ4n) is 3.52.